The number of nitrogens with zero attached hydrogens (tertiary/aromatic N) is 1. The first kappa shape index (κ1) is 18.7. The molecule has 0 aliphatic rings. The SMILES string of the molecule is Nc1cn(-c2ccc(C(=O)O)c(O)c2)c2cc(OCc3ccccc3Cl)ccc12. The number of aromatic nitrogens is 1. The fourth-order valence-corrected chi connectivity index (χ4v) is 3.35. The molecule has 1 heterocycles. The second kappa shape index (κ2) is 7.41. The van der Waals surface area contributed by atoms with E-state index in [9.17, 15) is 9.90 Å². The number of carbonyl (C=O) groups is 1. The first-order chi connectivity index (χ1) is 13.9. The Bertz CT molecular complexity index is 1230. The number of nitrogen functional groups attached to an aromatic ring is 1. The zero-order valence-electron chi connectivity index (χ0n) is 15.2. The summed E-state index contributed by atoms with van der Waals surface area (Å²) in [6, 6.07) is 17.3. The average molecular weight is 409 g/mol. The van der Waals surface area contributed by atoms with Crippen molar-refractivity contribution in [3.63, 3.8) is 0 Å². The Balaban J connectivity index is 1.70. The molecular weight excluding hydrogens is 392 g/mol. The van der Waals surface area contributed by atoms with Crippen LogP contribution >= 0.6 is 11.6 Å². The number of ether oxygens (including phenoxy) is 1. The van der Waals surface area contributed by atoms with Crippen LogP contribution in [0.1, 0.15) is 15.9 Å². The highest BCUT2D eigenvalue weighted by atomic mass is 35.5. The van der Waals surface area contributed by atoms with Crippen molar-refractivity contribution in [1.82, 2.24) is 4.57 Å². The Morgan fingerprint density at radius 1 is 1.10 bits per heavy atom. The van der Waals surface area contributed by atoms with E-state index in [2.05, 4.69) is 0 Å². The van der Waals surface area contributed by atoms with E-state index in [1.165, 1.54) is 12.1 Å². The zero-order chi connectivity index (χ0) is 20.5. The van der Waals surface area contributed by atoms with Gasteiger partial charge in [0.15, 0.2) is 0 Å². The van der Waals surface area contributed by atoms with E-state index in [0.29, 0.717) is 28.8 Å². The molecule has 0 unspecified atom stereocenters. The lowest BCUT2D eigenvalue weighted by Crippen LogP contribution is -1.99. The van der Waals surface area contributed by atoms with Crippen molar-refractivity contribution in [2.24, 2.45) is 0 Å². The average Bonchev–Trinajstić information content (AvgIpc) is 3.03. The molecule has 0 aliphatic heterocycles. The third-order valence-electron chi connectivity index (χ3n) is 4.65. The molecule has 1 aromatic heterocycles. The Morgan fingerprint density at radius 2 is 1.90 bits per heavy atom. The van der Waals surface area contributed by atoms with Gasteiger partial charge in [-0.2, -0.15) is 0 Å². The molecule has 4 N–H and O–H groups in total. The molecule has 0 saturated carbocycles. The van der Waals surface area contributed by atoms with Gasteiger partial charge in [0.2, 0.25) is 0 Å². The number of rotatable bonds is 5. The topological polar surface area (TPSA) is 97.7 Å². The molecule has 0 spiro atoms. The van der Waals surface area contributed by atoms with Crippen molar-refractivity contribution in [2.45, 2.75) is 6.61 Å². The minimum atomic E-state index is -1.19. The maximum absolute atomic E-state index is 11.1. The van der Waals surface area contributed by atoms with Crippen LogP contribution < -0.4 is 10.5 Å². The Labute approximate surface area is 171 Å². The monoisotopic (exact) mass is 408 g/mol. The Kier molecular flexibility index (Phi) is 4.78. The maximum atomic E-state index is 11.1. The number of aromatic hydroxyl groups is 1. The lowest BCUT2D eigenvalue weighted by molar-refractivity contribution is 0.0693. The van der Waals surface area contributed by atoms with Gasteiger partial charge in [-0.05, 0) is 30.3 Å². The smallest absolute Gasteiger partial charge is 0.339 e. The molecule has 3 aromatic carbocycles. The van der Waals surface area contributed by atoms with Crippen LogP contribution in [0.4, 0.5) is 5.69 Å². The fourth-order valence-electron chi connectivity index (χ4n) is 3.16. The maximum Gasteiger partial charge on any atom is 0.339 e. The number of hydrogen-bond donors (Lipinski definition) is 3. The fraction of sp³-hybridized carbons (Fsp3) is 0.0455. The molecule has 146 valence electrons. The normalized spacial score (nSPS) is 10.9. The van der Waals surface area contributed by atoms with Gasteiger partial charge in [0, 0.05) is 40.0 Å². The van der Waals surface area contributed by atoms with Crippen LogP contribution in [-0.2, 0) is 6.61 Å². The number of phenols is 1. The minimum Gasteiger partial charge on any atom is -0.507 e. The summed E-state index contributed by atoms with van der Waals surface area (Å²) < 4.78 is 7.67. The third kappa shape index (κ3) is 3.58. The van der Waals surface area contributed by atoms with Gasteiger partial charge in [-0.25, -0.2) is 4.79 Å². The van der Waals surface area contributed by atoms with Crippen molar-refractivity contribution in [3.8, 4) is 17.2 Å². The van der Waals surface area contributed by atoms with Crippen LogP contribution in [0.5, 0.6) is 11.5 Å². The van der Waals surface area contributed by atoms with Gasteiger partial charge in [0.25, 0.3) is 0 Å². The molecule has 0 aliphatic carbocycles. The molecule has 0 saturated heterocycles. The first-order valence-electron chi connectivity index (χ1n) is 8.77. The van der Waals surface area contributed by atoms with Gasteiger partial charge < -0.3 is 25.3 Å². The second-order valence-electron chi connectivity index (χ2n) is 6.52. The van der Waals surface area contributed by atoms with Crippen LogP contribution in [0.3, 0.4) is 0 Å². The number of carboxylic acids is 1. The zero-order valence-corrected chi connectivity index (χ0v) is 15.9. The largest absolute Gasteiger partial charge is 0.507 e. The van der Waals surface area contributed by atoms with Gasteiger partial charge in [0.1, 0.15) is 23.7 Å². The molecule has 0 radical (unpaired) electrons. The van der Waals surface area contributed by atoms with E-state index in [4.69, 9.17) is 27.2 Å². The summed E-state index contributed by atoms with van der Waals surface area (Å²) in [6.45, 7) is 0.315. The Hall–Kier alpha value is -3.64. The summed E-state index contributed by atoms with van der Waals surface area (Å²) in [4.78, 5) is 11.1. The predicted octanol–water partition coefficient (Wildman–Crippen LogP) is 4.85. The van der Waals surface area contributed by atoms with Crippen LogP contribution in [0.25, 0.3) is 16.6 Å². The number of benzene rings is 3. The summed E-state index contributed by atoms with van der Waals surface area (Å²) >= 11 is 6.18. The number of fused-ring (bicyclic) bond motifs is 1. The predicted molar refractivity (Wildman–Crippen MR) is 112 cm³/mol. The summed E-state index contributed by atoms with van der Waals surface area (Å²) in [7, 11) is 0. The van der Waals surface area contributed by atoms with E-state index >= 15 is 0 Å². The van der Waals surface area contributed by atoms with E-state index in [1.54, 1.807) is 16.8 Å². The molecule has 0 bridgehead atoms. The number of hydrogen-bond acceptors (Lipinski definition) is 4. The molecular formula is C22H17ClN2O4. The number of nitrogens with two attached hydrogens (primary N) is 1. The summed E-state index contributed by atoms with van der Waals surface area (Å²) in [5, 5.41) is 20.6. The quantitative estimate of drug-likeness (QED) is 0.438. The first-order valence-corrected chi connectivity index (χ1v) is 9.15. The van der Waals surface area contributed by atoms with Gasteiger partial charge in [0.05, 0.1) is 11.2 Å². The third-order valence-corrected chi connectivity index (χ3v) is 5.02. The highest BCUT2D eigenvalue weighted by Gasteiger charge is 2.14. The number of halogens is 1. The number of carboxylic acid groups (broad SMARTS) is 1. The summed E-state index contributed by atoms with van der Waals surface area (Å²) in [5.41, 5.74) is 8.74. The Morgan fingerprint density at radius 3 is 2.62 bits per heavy atom. The van der Waals surface area contributed by atoms with Crippen LogP contribution in [-0.4, -0.2) is 20.7 Å². The van der Waals surface area contributed by atoms with E-state index in [0.717, 1.165) is 16.5 Å². The lowest BCUT2D eigenvalue weighted by Gasteiger charge is -2.10. The van der Waals surface area contributed by atoms with Gasteiger partial charge in [-0.3, -0.25) is 0 Å². The minimum absolute atomic E-state index is 0.165. The van der Waals surface area contributed by atoms with Gasteiger partial charge >= 0.3 is 5.97 Å². The molecule has 4 rings (SSSR count). The van der Waals surface area contributed by atoms with E-state index in [-0.39, 0.29) is 11.3 Å². The van der Waals surface area contributed by atoms with Crippen LogP contribution in [0.15, 0.2) is 66.9 Å². The van der Waals surface area contributed by atoms with E-state index in [1.807, 2.05) is 42.5 Å². The molecule has 4 aromatic rings. The summed E-state index contributed by atoms with van der Waals surface area (Å²) in [5.74, 6) is -0.883. The standard InChI is InChI=1S/C22H17ClN2O4/c23-18-4-2-1-3-13(18)12-29-15-6-8-16-19(24)11-25(20(16)10-15)14-5-7-17(22(27)28)21(26)9-14/h1-11,26H,12,24H2,(H,27,28). The molecule has 0 amide bonds. The van der Waals surface area contributed by atoms with Crippen LogP contribution in [0, 0.1) is 0 Å². The second-order valence-corrected chi connectivity index (χ2v) is 6.93. The highest BCUT2D eigenvalue weighted by Crippen LogP contribution is 2.32. The van der Waals surface area contributed by atoms with Crippen molar-refractivity contribution in [3.05, 3.63) is 83.0 Å². The number of anilines is 1. The highest BCUT2D eigenvalue weighted by molar-refractivity contribution is 6.31. The number of aromatic carboxylic acids is 1. The van der Waals surface area contributed by atoms with Crippen molar-refractivity contribution in [2.75, 3.05) is 5.73 Å². The van der Waals surface area contributed by atoms with Crippen molar-refractivity contribution in [1.29, 1.82) is 0 Å². The molecule has 29 heavy (non-hydrogen) atoms. The van der Waals surface area contributed by atoms with E-state index < -0.39 is 5.97 Å². The van der Waals surface area contributed by atoms with Crippen molar-refractivity contribution >= 4 is 34.2 Å². The van der Waals surface area contributed by atoms with Crippen molar-refractivity contribution < 1.29 is 19.7 Å². The molecule has 0 fully saturated rings. The van der Waals surface area contributed by atoms with Gasteiger partial charge in [-0.1, -0.05) is 29.8 Å². The summed E-state index contributed by atoms with van der Waals surface area (Å²) in [6.07, 6.45) is 1.72. The van der Waals surface area contributed by atoms with Gasteiger partial charge in [-0.15, -0.1) is 0 Å². The lowest BCUT2D eigenvalue weighted by atomic mass is 10.1. The molecule has 0 atom stereocenters. The molecule has 6 nitrogen and oxygen atoms in total. The molecule has 7 heteroatoms. The van der Waals surface area contributed by atoms with Crippen LogP contribution in [0.2, 0.25) is 5.02 Å².